The average Bonchev–Trinajstić information content (AvgIpc) is 3.11. The van der Waals surface area contributed by atoms with Gasteiger partial charge in [0.25, 0.3) is 0 Å². The van der Waals surface area contributed by atoms with Crippen LogP contribution in [0.5, 0.6) is 0 Å². The van der Waals surface area contributed by atoms with Crippen molar-refractivity contribution in [3.05, 3.63) is 34.9 Å². The monoisotopic (exact) mass is 358 g/mol. The van der Waals surface area contributed by atoms with Crippen molar-refractivity contribution in [1.82, 2.24) is 29.8 Å². The molecule has 26 heavy (non-hydrogen) atoms. The third-order valence-electron chi connectivity index (χ3n) is 5.73. The standard InChI is InChI=1S/C19H30N6O/c1-13-16(14(2)24(4)22-13)11-18(26)20-12-15-7-6-10-23(3)19(15)17-8-9-21-25(17)5/h8-9,15,19H,6-7,10-12H2,1-5H3,(H,20,26)/t15-,19+/m0/s1. The molecule has 1 amide bonds. The molecule has 0 unspecified atom stereocenters. The minimum absolute atomic E-state index is 0.0705. The maximum absolute atomic E-state index is 12.5. The van der Waals surface area contributed by atoms with Crippen LogP contribution in [0.25, 0.3) is 0 Å². The van der Waals surface area contributed by atoms with Gasteiger partial charge in [-0.2, -0.15) is 10.2 Å². The summed E-state index contributed by atoms with van der Waals surface area (Å²) in [6.45, 7) is 5.74. The second-order valence-corrected chi connectivity index (χ2v) is 7.46. The molecule has 2 aromatic rings. The minimum Gasteiger partial charge on any atom is -0.355 e. The number of carbonyl (C=O) groups excluding carboxylic acids is 1. The highest BCUT2D eigenvalue weighted by Crippen LogP contribution is 2.34. The van der Waals surface area contributed by atoms with Crippen LogP contribution in [0, 0.1) is 19.8 Å². The van der Waals surface area contributed by atoms with Gasteiger partial charge in [0.2, 0.25) is 5.91 Å². The molecule has 3 rings (SSSR count). The number of carbonyl (C=O) groups is 1. The van der Waals surface area contributed by atoms with Crippen LogP contribution in [0.2, 0.25) is 0 Å². The summed E-state index contributed by atoms with van der Waals surface area (Å²) < 4.78 is 3.79. The molecule has 1 aliphatic heterocycles. The van der Waals surface area contributed by atoms with Crippen LogP contribution < -0.4 is 5.32 Å². The predicted molar refractivity (Wildman–Crippen MR) is 101 cm³/mol. The Bertz CT molecular complexity index is 777. The summed E-state index contributed by atoms with van der Waals surface area (Å²) in [7, 11) is 6.06. The van der Waals surface area contributed by atoms with Crippen molar-refractivity contribution in [2.24, 2.45) is 20.0 Å². The van der Waals surface area contributed by atoms with Crippen molar-refractivity contribution in [3.63, 3.8) is 0 Å². The lowest BCUT2D eigenvalue weighted by Gasteiger charge is -2.39. The normalized spacial score (nSPS) is 21.1. The first-order valence-corrected chi connectivity index (χ1v) is 9.32. The predicted octanol–water partition coefficient (Wildman–Crippen LogP) is 1.51. The lowest BCUT2D eigenvalue weighted by atomic mass is 9.87. The van der Waals surface area contributed by atoms with E-state index in [1.807, 2.05) is 43.5 Å². The topological polar surface area (TPSA) is 68.0 Å². The molecule has 1 fully saturated rings. The molecule has 0 bridgehead atoms. The third-order valence-corrected chi connectivity index (χ3v) is 5.73. The highest BCUT2D eigenvalue weighted by atomic mass is 16.1. The summed E-state index contributed by atoms with van der Waals surface area (Å²) in [6, 6.07) is 2.38. The number of rotatable bonds is 5. The molecule has 0 saturated carbocycles. The van der Waals surface area contributed by atoms with Gasteiger partial charge in [0.05, 0.1) is 23.9 Å². The van der Waals surface area contributed by atoms with E-state index in [1.165, 1.54) is 5.69 Å². The number of aryl methyl sites for hydroxylation is 3. The Morgan fingerprint density at radius 3 is 2.65 bits per heavy atom. The summed E-state index contributed by atoms with van der Waals surface area (Å²) in [6.07, 6.45) is 4.52. The van der Waals surface area contributed by atoms with E-state index in [2.05, 4.69) is 33.5 Å². The molecule has 0 radical (unpaired) electrons. The molecule has 0 aliphatic carbocycles. The van der Waals surface area contributed by atoms with Crippen molar-refractivity contribution >= 4 is 5.91 Å². The van der Waals surface area contributed by atoms with E-state index < -0.39 is 0 Å². The van der Waals surface area contributed by atoms with Crippen LogP contribution in [-0.4, -0.2) is 50.5 Å². The van der Waals surface area contributed by atoms with Crippen molar-refractivity contribution in [3.8, 4) is 0 Å². The van der Waals surface area contributed by atoms with E-state index in [1.54, 1.807) is 0 Å². The number of nitrogens with one attached hydrogen (secondary N) is 1. The molecular weight excluding hydrogens is 328 g/mol. The van der Waals surface area contributed by atoms with Gasteiger partial charge in [-0.05, 0) is 52.3 Å². The zero-order chi connectivity index (χ0) is 18.8. The maximum atomic E-state index is 12.5. The highest BCUT2D eigenvalue weighted by molar-refractivity contribution is 5.79. The minimum atomic E-state index is 0.0705. The summed E-state index contributed by atoms with van der Waals surface area (Å²) in [5.41, 5.74) is 4.24. The largest absolute Gasteiger partial charge is 0.355 e. The molecule has 142 valence electrons. The van der Waals surface area contributed by atoms with E-state index in [0.717, 1.165) is 36.3 Å². The molecule has 1 saturated heterocycles. The van der Waals surface area contributed by atoms with Gasteiger partial charge in [0.1, 0.15) is 0 Å². The van der Waals surface area contributed by atoms with Gasteiger partial charge < -0.3 is 5.32 Å². The summed E-state index contributed by atoms with van der Waals surface area (Å²) >= 11 is 0. The summed E-state index contributed by atoms with van der Waals surface area (Å²) in [5.74, 6) is 0.463. The first-order valence-electron chi connectivity index (χ1n) is 9.32. The van der Waals surface area contributed by atoms with Crippen LogP contribution in [-0.2, 0) is 25.3 Å². The summed E-state index contributed by atoms with van der Waals surface area (Å²) in [4.78, 5) is 14.9. The Hall–Kier alpha value is -2.15. The molecule has 2 aromatic heterocycles. The number of nitrogens with zero attached hydrogens (tertiary/aromatic N) is 5. The van der Waals surface area contributed by atoms with Gasteiger partial charge in [-0.1, -0.05) is 0 Å². The zero-order valence-electron chi connectivity index (χ0n) is 16.5. The second kappa shape index (κ2) is 7.61. The molecule has 7 heteroatoms. The molecule has 0 aromatic carbocycles. The molecule has 7 nitrogen and oxygen atoms in total. The van der Waals surface area contributed by atoms with E-state index in [9.17, 15) is 4.79 Å². The molecule has 1 N–H and O–H groups in total. The van der Waals surface area contributed by atoms with Crippen molar-refractivity contribution in [1.29, 1.82) is 0 Å². The van der Waals surface area contributed by atoms with Gasteiger partial charge in [0.15, 0.2) is 0 Å². The number of piperidine rings is 1. The van der Waals surface area contributed by atoms with Gasteiger partial charge in [0, 0.05) is 38.1 Å². The molecular formula is C19H30N6O. The van der Waals surface area contributed by atoms with Crippen LogP contribution in [0.15, 0.2) is 12.3 Å². The van der Waals surface area contributed by atoms with E-state index in [-0.39, 0.29) is 5.91 Å². The lowest BCUT2D eigenvalue weighted by molar-refractivity contribution is -0.120. The van der Waals surface area contributed by atoms with E-state index >= 15 is 0 Å². The first kappa shape index (κ1) is 18.6. The van der Waals surface area contributed by atoms with E-state index in [0.29, 0.717) is 24.9 Å². The van der Waals surface area contributed by atoms with Crippen molar-refractivity contribution in [2.45, 2.75) is 39.2 Å². The first-order chi connectivity index (χ1) is 12.4. The number of aromatic nitrogens is 4. The van der Waals surface area contributed by atoms with Crippen LogP contribution >= 0.6 is 0 Å². The van der Waals surface area contributed by atoms with Crippen molar-refractivity contribution in [2.75, 3.05) is 20.1 Å². The van der Waals surface area contributed by atoms with Gasteiger partial charge >= 0.3 is 0 Å². The number of likely N-dealkylation sites (tertiary alicyclic amines) is 1. The Balaban J connectivity index is 1.65. The highest BCUT2D eigenvalue weighted by Gasteiger charge is 2.32. The zero-order valence-corrected chi connectivity index (χ0v) is 16.5. The van der Waals surface area contributed by atoms with Gasteiger partial charge in [-0.15, -0.1) is 0 Å². The van der Waals surface area contributed by atoms with Crippen molar-refractivity contribution < 1.29 is 4.79 Å². The van der Waals surface area contributed by atoms with Crippen LogP contribution in [0.1, 0.15) is 41.5 Å². The fourth-order valence-corrected chi connectivity index (χ4v) is 4.16. The quantitative estimate of drug-likeness (QED) is 0.880. The number of hydrogen-bond donors (Lipinski definition) is 1. The second-order valence-electron chi connectivity index (χ2n) is 7.46. The average molecular weight is 358 g/mol. The number of hydrogen-bond acceptors (Lipinski definition) is 4. The lowest BCUT2D eigenvalue weighted by Crippen LogP contribution is -2.42. The maximum Gasteiger partial charge on any atom is 0.224 e. The molecule has 0 spiro atoms. The number of amides is 1. The fraction of sp³-hybridized carbons (Fsp3) is 0.632. The van der Waals surface area contributed by atoms with Crippen LogP contribution in [0.3, 0.4) is 0 Å². The summed E-state index contributed by atoms with van der Waals surface area (Å²) in [5, 5.41) is 11.9. The Kier molecular flexibility index (Phi) is 5.46. The van der Waals surface area contributed by atoms with Crippen LogP contribution in [0.4, 0.5) is 0 Å². The smallest absolute Gasteiger partial charge is 0.224 e. The van der Waals surface area contributed by atoms with Gasteiger partial charge in [-0.25, -0.2) is 0 Å². The fourth-order valence-electron chi connectivity index (χ4n) is 4.16. The Morgan fingerprint density at radius 2 is 2.04 bits per heavy atom. The molecule has 1 aliphatic rings. The van der Waals surface area contributed by atoms with E-state index in [4.69, 9.17) is 0 Å². The Labute approximate surface area is 155 Å². The SMILES string of the molecule is Cc1nn(C)c(C)c1CC(=O)NC[C@@H]1CCCN(C)[C@H]1c1ccnn1C. The molecule has 2 atom stereocenters. The Morgan fingerprint density at radius 1 is 1.27 bits per heavy atom. The molecule has 3 heterocycles. The van der Waals surface area contributed by atoms with Gasteiger partial charge in [-0.3, -0.25) is 19.1 Å². The third kappa shape index (κ3) is 3.67.